The standard InChI is InChI=1S/C15H17N.C14H14N2.C13H13N3.C11H9N.2C9H7N3.C8H10N4.C7H7NO2.C5H12O2/c1-3-12-6-5-7-14(10-12)15-11-13(4-2)8-9-16-15;1-15-11-16(12-7-3-2-4-8-12)14-10-6-5-9-13(14)15;1-15-10-16(11-5-4-8-14-9-11)13-7-3-2-6-12(13)15;1-2-6-10(7-3-1)11-8-4-5-9-12-11;1-2-5-10-8(4-1)9-11-6-3-7-12-9;1-2-8(6-10-3-1)9-7-11-4-5-12-9;1-11-4-5-12(7-11)8-6-9-2-3-10-8;1-5-3-2-4-6(8-5)7(9)10;1-4(6)3-5(2)7/h5-11H,3-4H2,1-2H3;2-10H,11H2,1H3;2-9H,10H2,1H3;1-9H;2*1-7H;2-6H,7H2,1H3;2-4H,1H3,(H,9,10);4-7H,3H2,1-2H3/p-1. The van der Waals surface area contributed by atoms with E-state index >= 15 is 0 Å². The number of aliphatic hydroxyl groups excluding tert-OH is 2. The fourth-order valence-electron chi connectivity index (χ4n) is 11.4. The third kappa shape index (κ3) is 27.1. The summed E-state index contributed by atoms with van der Waals surface area (Å²) in [5.41, 5.74) is 18.0. The molecule has 17 rings (SSSR count). The van der Waals surface area contributed by atoms with Gasteiger partial charge in [-0.2, -0.15) is 0 Å². The van der Waals surface area contributed by atoms with Crippen LogP contribution in [0.5, 0.6) is 0 Å². The van der Waals surface area contributed by atoms with Gasteiger partial charge in [0, 0.05) is 136 Å². The highest BCUT2D eigenvalue weighted by atomic mass is 16.4. The van der Waals surface area contributed by atoms with Crippen LogP contribution in [-0.4, -0.2) is 134 Å². The highest BCUT2D eigenvalue weighted by Crippen LogP contribution is 2.40. The van der Waals surface area contributed by atoms with Crippen molar-refractivity contribution in [2.45, 2.75) is 66.1 Å². The van der Waals surface area contributed by atoms with Crippen LogP contribution in [0.1, 0.15) is 61.4 Å². The van der Waals surface area contributed by atoms with Crippen molar-refractivity contribution in [3.63, 3.8) is 0 Å². The summed E-state index contributed by atoms with van der Waals surface area (Å²) in [6.07, 6.45) is 32.1. The number of aromatic nitrogens is 12. The number of aromatic carboxylic acids is 1. The lowest BCUT2D eigenvalue weighted by Gasteiger charge is -2.19. The van der Waals surface area contributed by atoms with Gasteiger partial charge in [0.25, 0.3) is 0 Å². The number of carbonyl (C=O) groups is 1. The fourth-order valence-corrected chi connectivity index (χ4v) is 11.4. The van der Waals surface area contributed by atoms with Gasteiger partial charge in [0.15, 0.2) is 11.6 Å². The third-order valence-corrected chi connectivity index (χ3v) is 17.0. The molecular weight excluding hydrogens is 1410 g/mol. The molecule has 0 spiro atoms. The number of carboxylic acids is 1. The Hall–Kier alpha value is -13.8. The molecule has 574 valence electrons. The number of carbonyl (C=O) groups excluding carboxylic acids is 1. The van der Waals surface area contributed by atoms with Crippen LogP contribution in [0.4, 0.5) is 39.9 Å². The summed E-state index contributed by atoms with van der Waals surface area (Å²) in [6.45, 7) is 12.0. The molecule has 2 N–H and O–H groups in total. The highest BCUT2D eigenvalue weighted by molar-refractivity contribution is 5.84. The molecule has 0 saturated heterocycles. The van der Waals surface area contributed by atoms with Crippen molar-refractivity contribution in [2.75, 3.05) is 65.6 Å². The first-order valence-electron chi connectivity index (χ1n) is 37.0. The van der Waals surface area contributed by atoms with Crippen LogP contribution in [0, 0.1) is 6.92 Å². The van der Waals surface area contributed by atoms with E-state index in [1.54, 1.807) is 113 Å². The van der Waals surface area contributed by atoms with Gasteiger partial charge in [-0.1, -0.05) is 123 Å². The minimum atomic E-state index is -1.23. The number of para-hydroxylation sites is 5. The van der Waals surface area contributed by atoms with Gasteiger partial charge in [-0.05, 0) is 172 Å². The van der Waals surface area contributed by atoms with Crippen LogP contribution in [0.3, 0.4) is 0 Å². The summed E-state index contributed by atoms with van der Waals surface area (Å²) in [6, 6.07) is 76.5. The minimum absolute atomic E-state index is 0.0139. The molecule has 22 heteroatoms. The molecular formula is C91H95N18O4-. The molecule has 22 nitrogen and oxygen atoms in total. The van der Waals surface area contributed by atoms with Crippen molar-refractivity contribution in [1.82, 2.24) is 64.7 Å². The number of anilines is 7. The number of nitrogens with zero attached hydrogens (tertiary/aromatic N) is 18. The molecule has 3 aliphatic rings. The van der Waals surface area contributed by atoms with E-state index in [0.29, 0.717) is 17.9 Å². The van der Waals surface area contributed by atoms with Gasteiger partial charge in [0.2, 0.25) is 0 Å². The topological polar surface area (TPSA) is 255 Å². The molecule has 14 aromatic rings. The second-order valence-electron chi connectivity index (χ2n) is 25.8. The SMILES string of the molecule is CC(O)CC(C)O.CCc1cccc(-c2cc(CC)ccn2)c1.CN1C=CN(c2cnccn2)C1.CN1CN(c2ccccc2)c2ccccc21.CN1CN(c2cccnc2)c2ccccc21.Cc1cccc(C(=O)[O-])n1.c1ccc(-c2ccccn2)cc1.c1ccc(-c2ncccn2)nc1.c1cncc(-c2cnccn2)c1. The maximum Gasteiger partial charge on any atom is 0.178 e. The van der Waals surface area contributed by atoms with E-state index in [1.165, 1.54) is 51.2 Å². The van der Waals surface area contributed by atoms with E-state index in [-0.39, 0.29) is 17.9 Å². The number of benzene rings is 5. The maximum atomic E-state index is 10.2. The number of aryl methyl sites for hydroxylation is 3. The molecule has 0 bridgehead atoms. The molecule has 2 atom stereocenters. The van der Waals surface area contributed by atoms with E-state index in [4.69, 9.17) is 10.2 Å². The summed E-state index contributed by atoms with van der Waals surface area (Å²) in [5.74, 6) is 0.319. The number of carboxylic acid groups (broad SMARTS) is 1. The molecule has 0 aliphatic carbocycles. The zero-order valence-electron chi connectivity index (χ0n) is 64.9. The van der Waals surface area contributed by atoms with Crippen LogP contribution in [0.2, 0.25) is 0 Å². The number of rotatable bonds is 12. The average molecular weight is 1500 g/mol. The van der Waals surface area contributed by atoms with E-state index < -0.39 is 5.97 Å². The zero-order valence-corrected chi connectivity index (χ0v) is 64.9. The van der Waals surface area contributed by atoms with Crippen molar-refractivity contribution >= 4 is 45.9 Å². The normalized spacial score (nSPS) is 12.2. The number of hydrogen-bond acceptors (Lipinski definition) is 22. The predicted octanol–water partition coefficient (Wildman–Crippen LogP) is 16.1. The van der Waals surface area contributed by atoms with Crippen LogP contribution in [0.15, 0.2) is 336 Å². The summed E-state index contributed by atoms with van der Waals surface area (Å²) in [7, 11) is 6.25. The summed E-state index contributed by atoms with van der Waals surface area (Å²) >= 11 is 0. The van der Waals surface area contributed by atoms with Gasteiger partial charge in [-0.3, -0.25) is 44.9 Å². The monoisotopic (exact) mass is 1500 g/mol. The zero-order chi connectivity index (χ0) is 79.8. The maximum absolute atomic E-state index is 10.2. The van der Waals surface area contributed by atoms with E-state index in [9.17, 15) is 9.90 Å². The van der Waals surface area contributed by atoms with Crippen LogP contribution in [-0.2, 0) is 12.8 Å². The minimum Gasteiger partial charge on any atom is -0.543 e. The van der Waals surface area contributed by atoms with E-state index in [1.807, 2.05) is 116 Å². The molecule has 12 heterocycles. The Kier molecular flexibility index (Phi) is 33.3. The first kappa shape index (κ1) is 83.2. The first-order valence-corrected chi connectivity index (χ1v) is 37.0. The molecule has 0 amide bonds. The summed E-state index contributed by atoms with van der Waals surface area (Å²) in [5, 5.41) is 27.3. The summed E-state index contributed by atoms with van der Waals surface area (Å²) in [4.78, 5) is 72.5. The Labute approximate surface area is 662 Å². The highest BCUT2D eigenvalue weighted by Gasteiger charge is 2.25. The molecule has 0 saturated carbocycles. The lowest BCUT2D eigenvalue weighted by molar-refractivity contribution is -0.255. The molecule has 0 fully saturated rings. The van der Waals surface area contributed by atoms with E-state index in [0.717, 1.165) is 78.3 Å². The van der Waals surface area contributed by atoms with E-state index in [2.05, 4.69) is 246 Å². The second kappa shape index (κ2) is 45.2. The van der Waals surface area contributed by atoms with Crippen molar-refractivity contribution in [3.8, 4) is 45.3 Å². The fraction of sp³-hybridized carbons (Fsp3) is 0.176. The first-order chi connectivity index (χ1) is 55.1. The summed E-state index contributed by atoms with van der Waals surface area (Å²) < 4.78 is 0. The molecule has 9 aromatic heterocycles. The van der Waals surface area contributed by atoms with Gasteiger partial charge in [-0.25, -0.2) is 15.0 Å². The van der Waals surface area contributed by atoms with Gasteiger partial charge < -0.3 is 49.5 Å². The largest absolute Gasteiger partial charge is 0.543 e. The second-order valence-corrected chi connectivity index (χ2v) is 25.8. The number of aliphatic hydroxyl groups is 2. The number of hydrogen-bond donors (Lipinski definition) is 2. The van der Waals surface area contributed by atoms with Gasteiger partial charge in [-0.15, -0.1) is 0 Å². The Morgan fingerprint density at radius 1 is 0.407 bits per heavy atom. The Morgan fingerprint density at radius 2 is 0.920 bits per heavy atom. The third-order valence-electron chi connectivity index (χ3n) is 17.0. The van der Waals surface area contributed by atoms with Crippen LogP contribution < -0.4 is 29.6 Å². The molecule has 2 unspecified atom stereocenters. The van der Waals surface area contributed by atoms with Crippen molar-refractivity contribution in [2.24, 2.45) is 0 Å². The Bertz CT molecular complexity index is 4600. The smallest absolute Gasteiger partial charge is 0.178 e. The lowest BCUT2D eigenvalue weighted by atomic mass is 10.0. The van der Waals surface area contributed by atoms with Crippen molar-refractivity contribution < 1.29 is 20.1 Å². The quantitative estimate of drug-likeness (QED) is 0.115. The molecule has 5 aromatic carbocycles. The Morgan fingerprint density at radius 3 is 1.44 bits per heavy atom. The molecule has 113 heavy (non-hydrogen) atoms. The predicted molar refractivity (Wildman–Crippen MR) is 451 cm³/mol. The van der Waals surface area contributed by atoms with Crippen molar-refractivity contribution in [3.05, 3.63) is 358 Å². The molecule has 3 aliphatic heterocycles. The number of fused-ring (bicyclic) bond motifs is 2. The van der Waals surface area contributed by atoms with Gasteiger partial charge in [0.05, 0.1) is 108 Å². The van der Waals surface area contributed by atoms with Crippen LogP contribution >= 0.6 is 0 Å². The average Bonchev–Trinajstić information content (AvgIpc) is 1.65. The lowest BCUT2D eigenvalue weighted by Crippen LogP contribution is -2.23. The van der Waals surface area contributed by atoms with Crippen molar-refractivity contribution in [1.29, 1.82) is 0 Å². The van der Waals surface area contributed by atoms with Crippen LogP contribution in [0.25, 0.3) is 45.3 Å². The van der Waals surface area contributed by atoms with Gasteiger partial charge in [0.1, 0.15) is 5.69 Å². The van der Waals surface area contributed by atoms with Gasteiger partial charge >= 0.3 is 0 Å². The number of pyridine rings is 6. The Balaban J connectivity index is 0.000000147. The molecule has 0 radical (unpaired) electrons.